The molecule has 0 fully saturated rings. The van der Waals surface area contributed by atoms with Crippen molar-refractivity contribution in [3.05, 3.63) is 23.8 Å². The van der Waals surface area contributed by atoms with Crippen LogP contribution < -0.4 is 9.47 Å². The second kappa shape index (κ2) is 7.55. The maximum Gasteiger partial charge on any atom is 0.339 e. The number of ether oxygens (including phenoxy) is 3. The number of hydrogen-bond acceptors (Lipinski definition) is 4. The van der Waals surface area contributed by atoms with E-state index in [9.17, 15) is 4.79 Å². The minimum atomic E-state index is -1.04. The van der Waals surface area contributed by atoms with E-state index < -0.39 is 5.97 Å². The number of rotatable bonds is 8. The topological polar surface area (TPSA) is 65.0 Å². The summed E-state index contributed by atoms with van der Waals surface area (Å²) in [6, 6.07) is 4.75. The van der Waals surface area contributed by atoms with Gasteiger partial charge in [-0.1, -0.05) is 13.0 Å². The Morgan fingerprint density at radius 1 is 1.28 bits per heavy atom. The van der Waals surface area contributed by atoms with Crippen molar-refractivity contribution in [3.63, 3.8) is 0 Å². The molecule has 5 nitrogen and oxygen atoms in total. The molecule has 0 saturated heterocycles. The Kier molecular flexibility index (Phi) is 6.00. The van der Waals surface area contributed by atoms with Crippen molar-refractivity contribution in [1.82, 2.24) is 0 Å². The Hall–Kier alpha value is -1.75. The molecule has 5 heteroatoms. The van der Waals surface area contributed by atoms with E-state index in [1.54, 1.807) is 12.1 Å². The lowest BCUT2D eigenvalue weighted by atomic mass is 10.2. The van der Waals surface area contributed by atoms with Gasteiger partial charge in [-0.15, -0.1) is 0 Å². The van der Waals surface area contributed by atoms with Gasteiger partial charge in [0.15, 0.2) is 11.5 Å². The SMILES string of the molecule is CCCOCCOc1c(OC)cccc1C(=O)O. The molecule has 0 aliphatic carbocycles. The fraction of sp³-hybridized carbons (Fsp3) is 0.462. The van der Waals surface area contributed by atoms with E-state index in [1.807, 2.05) is 6.92 Å². The summed E-state index contributed by atoms with van der Waals surface area (Å²) in [6.07, 6.45) is 0.940. The van der Waals surface area contributed by atoms with Gasteiger partial charge in [0.05, 0.1) is 13.7 Å². The van der Waals surface area contributed by atoms with Crippen LogP contribution in [0, 0.1) is 0 Å². The molecule has 18 heavy (non-hydrogen) atoms. The maximum atomic E-state index is 11.1. The summed E-state index contributed by atoms with van der Waals surface area (Å²) in [5.74, 6) is -0.392. The highest BCUT2D eigenvalue weighted by atomic mass is 16.5. The molecule has 1 N–H and O–H groups in total. The molecule has 1 aromatic rings. The summed E-state index contributed by atoms with van der Waals surface area (Å²) in [7, 11) is 1.47. The molecule has 0 amide bonds. The van der Waals surface area contributed by atoms with E-state index in [4.69, 9.17) is 19.3 Å². The average molecular weight is 254 g/mol. The molecule has 0 heterocycles. The molecule has 0 atom stereocenters. The van der Waals surface area contributed by atoms with Gasteiger partial charge in [0.1, 0.15) is 12.2 Å². The van der Waals surface area contributed by atoms with Gasteiger partial charge >= 0.3 is 5.97 Å². The number of carboxylic acids is 1. The highest BCUT2D eigenvalue weighted by molar-refractivity contribution is 5.92. The van der Waals surface area contributed by atoms with Crippen molar-refractivity contribution in [3.8, 4) is 11.5 Å². The molecule has 0 aliphatic rings. The lowest BCUT2D eigenvalue weighted by Crippen LogP contribution is -2.10. The average Bonchev–Trinajstić information content (AvgIpc) is 2.38. The molecule has 0 aliphatic heterocycles. The Morgan fingerprint density at radius 2 is 2.06 bits per heavy atom. The van der Waals surface area contributed by atoms with Crippen molar-refractivity contribution in [1.29, 1.82) is 0 Å². The monoisotopic (exact) mass is 254 g/mol. The van der Waals surface area contributed by atoms with E-state index >= 15 is 0 Å². The number of carbonyl (C=O) groups is 1. The number of aromatic carboxylic acids is 1. The van der Waals surface area contributed by atoms with Crippen LogP contribution in [-0.2, 0) is 4.74 Å². The van der Waals surface area contributed by atoms with Crippen LogP contribution in [0.4, 0.5) is 0 Å². The van der Waals surface area contributed by atoms with Crippen LogP contribution in [0.3, 0.4) is 0 Å². The van der Waals surface area contributed by atoms with E-state index in [-0.39, 0.29) is 11.3 Å². The lowest BCUT2D eigenvalue weighted by molar-refractivity contribution is 0.0684. The molecule has 0 radical (unpaired) electrons. The molecule has 0 aromatic heterocycles. The molecule has 1 aromatic carbocycles. The number of methoxy groups -OCH3 is 1. The van der Waals surface area contributed by atoms with Crippen LogP contribution in [0.15, 0.2) is 18.2 Å². The van der Waals surface area contributed by atoms with Crippen LogP contribution in [0.25, 0.3) is 0 Å². The number of hydrogen-bond donors (Lipinski definition) is 1. The van der Waals surface area contributed by atoms with Crippen molar-refractivity contribution in [2.45, 2.75) is 13.3 Å². The summed E-state index contributed by atoms with van der Waals surface area (Å²) in [6.45, 7) is 3.40. The number of benzene rings is 1. The first-order valence-electron chi connectivity index (χ1n) is 5.81. The molecule has 0 bridgehead atoms. The second-order valence-electron chi connectivity index (χ2n) is 3.60. The van der Waals surface area contributed by atoms with Gasteiger partial charge < -0.3 is 19.3 Å². The summed E-state index contributed by atoms with van der Waals surface area (Å²) in [5.41, 5.74) is 0.0878. The van der Waals surface area contributed by atoms with E-state index in [1.165, 1.54) is 13.2 Å². The van der Waals surface area contributed by atoms with Gasteiger partial charge in [0, 0.05) is 6.61 Å². The predicted molar refractivity (Wildman–Crippen MR) is 66.6 cm³/mol. The van der Waals surface area contributed by atoms with E-state index in [2.05, 4.69) is 0 Å². The predicted octanol–water partition coefficient (Wildman–Crippen LogP) is 2.20. The zero-order valence-electron chi connectivity index (χ0n) is 10.6. The van der Waals surface area contributed by atoms with E-state index in [0.717, 1.165) is 6.42 Å². The van der Waals surface area contributed by atoms with Crippen molar-refractivity contribution >= 4 is 5.97 Å². The van der Waals surface area contributed by atoms with E-state index in [0.29, 0.717) is 25.6 Å². The van der Waals surface area contributed by atoms with Crippen molar-refractivity contribution in [2.75, 3.05) is 26.9 Å². The fourth-order valence-corrected chi connectivity index (χ4v) is 1.44. The number of para-hydroxylation sites is 1. The fourth-order valence-electron chi connectivity index (χ4n) is 1.44. The Labute approximate surface area is 106 Å². The zero-order chi connectivity index (χ0) is 13.4. The lowest BCUT2D eigenvalue weighted by Gasteiger charge is -2.13. The molecule has 1 rings (SSSR count). The van der Waals surface area contributed by atoms with Crippen molar-refractivity contribution < 1.29 is 24.1 Å². The van der Waals surface area contributed by atoms with Gasteiger partial charge in [-0.3, -0.25) is 0 Å². The maximum absolute atomic E-state index is 11.1. The zero-order valence-corrected chi connectivity index (χ0v) is 10.6. The standard InChI is InChI=1S/C13H18O5/c1-3-7-17-8-9-18-12-10(13(14)15)5-4-6-11(12)16-2/h4-6H,3,7-9H2,1-2H3,(H,14,15). The van der Waals surface area contributed by atoms with Crippen LogP contribution in [0.2, 0.25) is 0 Å². The third kappa shape index (κ3) is 3.92. The quantitative estimate of drug-likeness (QED) is 0.720. The smallest absolute Gasteiger partial charge is 0.339 e. The highest BCUT2D eigenvalue weighted by Gasteiger charge is 2.15. The summed E-state index contributed by atoms with van der Waals surface area (Å²) in [5, 5.41) is 9.06. The van der Waals surface area contributed by atoms with Crippen molar-refractivity contribution in [2.24, 2.45) is 0 Å². The van der Waals surface area contributed by atoms with Gasteiger partial charge in [0.2, 0.25) is 0 Å². The first-order valence-corrected chi connectivity index (χ1v) is 5.81. The second-order valence-corrected chi connectivity index (χ2v) is 3.60. The minimum absolute atomic E-state index is 0.0878. The Balaban J connectivity index is 2.69. The molecule has 100 valence electrons. The van der Waals surface area contributed by atoms with Crippen LogP contribution in [0.1, 0.15) is 23.7 Å². The van der Waals surface area contributed by atoms with Gasteiger partial charge in [-0.25, -0.2) is 4.79 Å². The molecular weight excluding hydrogens is 236 g/mol. The third-order valence-electron chi connectivity index (χ3n) is 2.25. The van der Waals surface area contributed by atoms with Gasteiger partial charge in [-0.05, 0) is 18.6 Å². The summed E-state index contributed by atoms with van der Waals surface area (Å²) < 4.78 is 15.8. The van der Waals surface area contributed by atoms with Crippen LogP contribution >= 0.6 is 0 Å². The van der Waals surface area contributed by atoms with Crippen LogP contribution in [0.5, 0.6) is 11.5 Å². The molecule has 0 unspecified atom stereocenters. The first-order chi connectivity index (χ1) is 8.70. The molecular formula is C13H18O5. The minimum Gasteiger partial charge on any atom is -0.493 e. The summed E-state index contributed by atoms with van der Waals surface area (Å²) in [4.78, 5) is 11.1. The number of carboxylic acid groups (broad SMARTS) is 1. The van der Waals surface area contributed by atoms with Gasteiger partial charge in [-0.2, -0.15) is 0 Å². The third-order valence-corrected chi connectivity index (χ3v) is 2.25. The Bertz CT molecular complexity index is 389. The largest absolute Gasteiger partial charge is 0.493 e. The van der Waals surface area contributed by atoms with Gasteiger partial charge in [0.25, 0.3) is 0 Å². The molecule has 0 spiro atoms. The van der Waals surface area contributed by atoms with Crippen LogP contribution in [-0.4, -0.2) is 38.0 Å². The normalized spacial score (nSPS) is 10.1. The first kappa shape index (κ1) is 14.3. The molecule has 0 saturated carbocycles. The summed E-state index contributed by atoms with van der Waals surface area (Å²) >= 11 is 0. The highest BCUT2D eigenvalue weighted by Crippen LogP contribution is 2.30. The Morgan fingerprint density at radius 3 is 2.67 bits per heavy atom.